The molecule has 120 valence electrons. The molecule has 0 saturated heterocycles. The Morgan fingerprint density at radius 2 is 1.91 bits per heavy atom. The topological polar surface area (TPSA) is 40.9 Å². The summed E-state index contributed by atoms with van der Waals surface area (Å²) in [7, 11) is 0. The van der Waals surface area contributed by atoms with Gasteiger partial charge in [0.05, 0.1) is 0 Å². The number of hydrogen-bond donors (Lipinski definition) is 0. The second-order valence-electron chi connectivity index (χ2n) is 8.15. The minimum atomic E-state index is -0.244. The SMILES string of the molecule is C=C(C)C(=O)/C(C#N)=C1\CC(C)(C)c2cc(C(C)(C)C)ccc21. The van der Waals surface area contributed by atoms with Gasteiger partial charge in [-0.1, -0.05) is 59.4 Å². The molecule has 2 heteroatoms. The minimum Gasteiger partial charge on any atom is -0.288 e. The number of Topliss-reactive ketones (excluding diaryl/α,β-unsaturated/α-hetero) is 1. The fourth-order valence-corrected chi connectivity index (χ4v) is 3.16. The van der Waals surface area contributed by atoms with Gasteiger partial charge in [-0.25, -0.2) is 0 Å². The van der Waals surface area contributed by atoms with E-state index in [1.807, 2.05) is 0 Å². The summed E-state index contributed by atoms with van der Waals surface area (Å²) >= 11 is 0. The monoisotopic (exact) mass is 307 g/mol. The van der Waals surface area contributed by atoms with Gasteiger partial charge in [0.15, 0.2) is 5.78 Å². The van der Waals surface area contributed by atoms with Crippen molar-refractivity contribution in [2.75, 3.05) is 0 Å². The van der Waals surface area contributed by atoms with Crippen molar-refractivity contribution < 1.29 is 4.79 Å². The number of carbonyl (C=O) groups excluding carboxylic acids is 1. The number of hydrogen-bond acceptors (Lipinski definition) is 2. The Bertz CT molecular complexity index is 764. The van der Waals surface area contributed by atoms with Crippen LogP contribution >= 0.6 is 0 Å². The number of fused-ring (bicyclic) bond motifs is 1. The molecular formula is C21H25NO. The molecule has 0 bridgehead atoms. The lowest BCUT2D eigenvalue weighted by atomic mass is 9.81. The molecule has 0 radical (unpaired) electrons. The van der Waals surface area contributed by atoms with Gasteiger partial charge in [0.1, 0.15) is 11.6 Å². The molecule has 2 nitrogen and oxygen atoms in total. The van der Waals surface area contributed by atoms with Crippen LogP contribution in [0.5, 0.6) is 0 Å². The molecule has 0 atom stereocenters. The van der Waals surface area contributed by atoms with E-state index in [-0.39, 0.29) is 22.2 Å². The van der Waals surface area contributed by atoms with Crippen molar-refractivity contribution in [2.24, 2.45) is 0 Å². The summed E-state index contributed by atoms with van der Waals surface area (Å²) in [5, 5.41) is 9.52. The zero-order valence-corrected chi connectivity index (χ0v) is 15.0. The van der Waals surface area contributed by atoms with E-state index < -0.39 is 0 Å². The first-order chi connectivity index (χ1) is 10.5. The molecule has 0 saturated carbocycles. The van der Waals surface area contributed by atoms with Gasteiger partial charge >= 0.3 is 0 Å². The highest BCUT2D eigenvalue weighted by molar-refractivity contribution is 6.15. The highest BCUT2D eigenvalue weighted by Crippen LogP contribution is 2.47. The van der Waals surface area contributed by atoms with Crippen LogP contribution in [0.2, 0.25) is 0 Å². The van der Waals surface area contributed by atoms with E-state index in [2.05, 4.69) is 65.5 Å². The number of ketones is 1. The van der Waals surface area contributed by atoms with Crippen molar-refractivity contribution in [1.82, 2.24) is 0 Å². The quantitative estimate of drug-likeness (QED) is 0.564. The van der Waals surface area contributed by atoms with E-state index in [4.69, 9.17) is 0 Å². The Morgan fingerprint density at radius 1 is 1.30 bits per heavy atom. The summed E-state index contributed by atoms with van der Waals surface area (Å²) in [6, 6.07) is 8.54. The molecule has 2 rings (SSSR count). The first kappa shape index (κ1) is 17.2. The third-order valence-corrected chi connectivity index (χ3v) is 4.59. The zero-order valence-electron chi connectivity index (χ0n) is 15.0. The van der Waals surface area contributed by atoms with Crippen LogP contribution < -0.4 is 0 Å². The fourth-order valence-electron chi connectivity index (χ4n) is 3.16. The van der Waals surface area contributed by atoms with Gasteiger partial charge in [0.25, 0.3) is 0 Å². The summed E-state index contributed by atoms with van der Waals surface area (Å²) in [5.41, 5.74) is 5.04. The summed E-state index contributed by atoms with van der Waals surface area (Å²) in [6.45, 7) is 16.3. The number of nitrogens with zero attached hydrogens (tertiary/aromatic N) is 1. The molecule has 0 spiro atoms. The Balaban J connectivity index is 2.72. The van der Waals surface area contributed by atoms with Crippen molar-refractivity contribution in [2.45, 2.75) is 58.8 Å². The van der Waals surface area contributed by atoms with Crippen LogP contribution in [-0.2, 0) is 15.6 Å². The maximum Gasteiger partial charge on any atom is 0.198 e. The summed E-state index contributed by atoms with van der Waals surface area (Å²) in [4.78, 5) is 12.3. The molecular weight excluding hydrogens is 282 g/mol. The van der Waals surface area contributed by atoms with Crippen LogP contribution in [0.3, 0.4) is 0 Å². The molecule has 0 heterocycles. The molecule has 0 aromatic heterocycles. The maximum atomic E-state index is 12.3. The van der Waals surface area contributed by atoms with Crippen LogP contribution in [0.1, 0.15) is 64.7 Å². The molecule has 0 unspecified atom stereocenters. The highest BCUT2D eigenvalue weighted by Gasteiger charge is 2.36. The fraction of sp³-hybridized carbons (Fsp3) is 0.429. The smallest absolute Gasteiger partial charge is 0.198 e. The first-order valence-corrected chi connectivity index (χ1v) is 7.98. The third kappa shape index (κ3) is 3.01. The Hall–Kier alpha value is -2.14. The lowest BCUT2D eigenvalue weighted by Gasteiger charge is -2.24. The Kier molecular flexibility index (Phi) is 4.11. The van der Waals surface area contributed by atoms with E-state index in [9.17, 15) is 10.1 Å². The lowest BCUT2D eigenvalue weighted by Crippen LogP contribution is -2.16. The van der Waals surface area contributed by atoms with E-state index in [1.165, 1.54) is 11.1 Å². The number of rotatable bonds is 2. The third-order valence-electron chi connectivity index (χ3n) is 4.59. The van der Waals surface area contributed by atoms with Crippen LogP contribution in [0.4, 0.5) is 0 Å². The highest BCUT2D eigenvalue weighted by atomic mass is 16.1. The molecule has 0 aliphatic heterocycles. The number of carbonyl (C=O) groups is 1. The minimum absolute atomic E-state index is 0.0726. The Morgan fingerprint density at radius 3 is 2.39 bits per heavy atom. The molecule has 1 aromatic rings. The summed E-state index contributed by atoms with van der Waals surface area (Å²) in [6.07, 6.45) is 0.706. The van der Waals surface area contributed by atoms with E-state index in [0.29, 0.717) is 12.0 Å². The molecule has 1 aliphatic rings. The second kappa shape index (κ2) is 5.49. The predicted octanol–water partition coefficient (Wildman–Crippen LogP) is 5.09. The molecule has 23 heavy (non-hydrogen) atoms. The molecule has 1 aromatic carbocycles. The van der Waals surface area contributed by atoms with Gasteiger partial charge in [0.2, 0.25) is 0 Å². The molecule has 0 amide bonds. The van der Waals surface area contributed by atoms with Gasteiger partial charge in [0, 0.05) is 0 Å². The first-order valence-electron chi connectivity index (χ1n) is 7.98. The van der Waals surface area contributed by atoms with Crippen molar-refractivity contribution in [3.63, 3.8) is 0 Å². The predicted molar refractivity (Wildman–Crippen MR) is 95.1 cm³/mol. The number of benzene rings is 1. The van der Waals surface area contributed by atoms with E-state index >= 15 is 0 Å². The van der Waals surface area contributed by atoms with Gasteiger partial charge in [-0.2, -0.15) is 5.26 Å². The van der Waals surface area contributed by atoms with Crippen LogP contribution in [0.15, 0.2) is 35.9 Å². The summed E-state index contributed by atoms with van der Waals surface area (Å²) in [5.74, 6) is -0.244. The van der Waals surface area contributed by atoms with Crippen molar-refractivity contribution in [3.05, 3.63) is 52.6 Å². The van der Waals surface area contributed by atoms with Gasteiger partial charge in [-0.05, 0) is 52.0 Å². The number of allylic oxidation sites excluding steroid dienone is 3. The molecule has 0 fully saturated rings. The van der Waals surface area contributed by atoms with Gasteiger partial charge in [-0.15, -0.1) is 0 Å². The van der Waals surface area contributed by atoms with E-state index in [0.717, 1.165) is 11.1 Å². The molecule has 0 N–H and O–H groups in total. The zero-order chi connectivity index (χ0) is 17.6. The molecule has 1 aliphatic carbocycles. The van der Waals surface area contributed by atoms with Crippen LogP contribution in [0.25, 0.3) is 5.57 Å². The van der Waals surface area contributed by atoms with Crippen LogP contribution in [0, 0.1) is 11.3 Å². The van der Waals surface area contributed by atoms with Crippen molar-refractivity contribution in [3.8, 4) is 6.07 Å². The van der Waals surface area contributed by atoms with Crippen molar-refractivity contribution >= 4 is 11.4 Å². The number of nitriles is 1. The Labute approximate surface area is 139 Å². The lowest BCUT2D eigenvalue weighted by molar-refractivity contribution is -0.111. The largest absolute Gasteiger partial charge is 0.288 e. The second-order valence-corrected chi connectivity index (χ2v) is 8.15. The summed E-state index contributed by atoms with van der Waals surface area (Å²) < 4.78 is 0. The average molecular weight is 307 g/mol. The van der Waals surface area contributed by atoms with Crippen molar-refractivity contribution in [1.29, 1.82) is 5.26 Å². The normalized spacial score (nSPS) is 18.1. The van der Waals surface area contributed by atoms with Gasteiger partial charge in [-0.3, -0.25) is 4.79 Å². The van der Waals surface area contributed by atoms with E-state index in [1.54, 1.807) is 6.92 Å². The van der Waals surface area contributed by atoms with Gasteiger partial charge < -0.3 is 0 Å². The maximum absolute atomic E-state index is 12.3. The standard InChI is InChI=1S/C21H25NO/c1-13(2)19(23)17(12-22)16-11-21(6,7)18-10-14(20(3,4)5)8-9-15(16)18/h8-10H,1,11H2,2-7H3/b17-16+. The average Bonchev–Trinajstić information content (AvgIpc) is 2.70. The van der Waals surface area contributed by atoms with Crippen LogP contribution in [-0.4, -0.2) is 5.78 Å².